The van der Waals surface area contributed by atoms with Crippen molar-refractivity contribution in [2.75, 3.05) is 13.7 Å². The van der Waals surface area contributed by atoms with Crippen molar-refractivity contribution < 1.29 is 23.8 Å². The van der Waals surface area contributed by atoms with E-state index in [1.54, 1.807) is 31.2 Å². The fourth-order valence-electron chi connectivity index (χ4n) is 2.38. The quantitative estimate of drug-likeness (QED) is 0.598. The van der Waals surface area contributed by atoms with Gasteiger partial charge in [-0.1, -0.05) is 23.7 Å². The molecule has 0 saturated heterocycles. The van der Waals surface area contributed by atoms with Gasteiger partial charge in [-0.2, -0.15) is 0 Å². The largest absolute Gasteiger partial charge is 0.468 e. The van der Waals surface area contributed by atoms with E-state index < -0.39 is 17.9 Å². The Morgan fingerprint density at radius 2 is 2.04 bits per heavy atom. The van der Waals surface area contributed by atoms with Crippen molar-refractivity contribution in [3.63, 3.8) is 0 Å². The summed E-state index contributed by atoms with van der Waals surface area (Å²) >= 11 is 5.90. The molecule has 1 unspecified atom stereocenters. The van der Waals surface area contributed by atoms with Crippen molar-refractivity contribution in [3.8, 4) is 0 Å². The molecule has 0 radical (unpaired) electrons. The van der Waals surface area contributed by atoms with Crippen LogP contribution in [0, 0.1) is 0 Å². The van der Waals surface area contributed by atoms with Gasteiger partial charge in [0.15, 0.2) is 0 Å². The number of carbonyl (C=O) groups is 2. The molecule has 24 heavy (non-hydrogen) atoms. The van der Waals surface area contributed by atoms with E-state index in [1.807, 2.05) is 6.08 Å². The normalized spacial score (nSPS) is 16.8. The van der Waals surface area contributed by atoms with Crippen LogP contribution < -0.4 is 0 Å². The van der Waals surface area contributed by atoms with Crippen LogP contribution in [-0.2, 0) is 23.8 Å². The molecule has 1 atom stereocenters. The molecule has 0 aromatic heterocycles. The second kappa shape index (κ2) is 8.55. The third-order valence-electron chi connectivity index (χ3n) is 3.48. The van der Waals surface area contributed by atoms with E-state index in [-0.39, 0.29) is 0 Å². The van der Waals surface area contributed by atoms with Crippen molar-refractivity contribution >= 4 is 23.5 Å². The number of ether oxygens (including phenoxy) is 3. The smallest absolute Gasteiger partial charge is 0.334 e. The molecule has 1 heterocycles. The topological polar surface area (TPSA) is 61.8 Å². The molecular weight excluding hydrogens is 332 g/mol. The number of hydrogen-bond acceptors (Lipinski definition) is 5. The van der Waals surface area contributed by atoms with E-state index in [1.165, 1.54) is 13.2 Å². The molecule has 0 spiro atoms. The minimum atomic E-state index is -0.710. The van der Waals surface area contributed by atoms with Gasteiger partial charge in [0.2, 0.25) is 0 Å². The van der Waals surface area contributed by atoms with E-state index in [2.05, 4.69) is 0 Å². The number of benzene rings is 1. The van der Waals surface area contributed by atoms with Gasteiger partial charge in [0.25, 0.3) is 0 Å². The molecule has 0 aliphatic carbocycles. The summed E-state index contributed by atoms with van der Waals surface area (Å²) in [6, 6.07) is 6.89. The Bertz CT molecular complexity index is 660. The highest BCUT2D eigenvalue weighted by Crippen LogP contribution is 2.33. The van der Waals surface area contributed by atoms with Crippen LogP contribution in [0.2, 0.25) is 5.02 Å². The van der Waals surface area contributed by atoms with Gasteiger partial charge in [0, 0.05) is 11.4 Å². The van der Waals surface area contributed by atoms with Gasteiger partial charge in [-0.15, -0.1) is 0 Å². The van der Waals surface area contributed by atoms with E-state index in [4.69, 9.17) is 25.8 Å². The van der Waals surface area contributed by atoms with E-state index >= 15 is 0 Å². The van der Waals surface area contributed by atoms with Crippen LogP contribution in [0.5, 0.6) is 0 Å². The summed E-state index contributed by atoms with van der Waals surface area (Å²) in [5, 5.41) is 0.573. The van der Waals surface area contributed by atoms with Crippen molar-refractivity contribution in [1.29, 1.82) is 0 Å². The molecule has 1 aromatic rings. The first-order valence-corrected chi connectivity index (χ1v) is 8.01. The summed E-state index contributed by atoms with van der Waals surface area (Å²) in [6.45, 7) is 2.03. The van der Waals surface area contributed by atoms with Crippen LogP contribution in [0.25, 0.3) is 0 Å². The van der Waals surface area contributed by atoms with E-state index in [0.29, 0.717) is 41.6 Å². The molecule has 1 aliphatic rings. The van der Waals surface area contributed by atoms with Gasteiger partial charge in [-0.25, -0.2) is 4.79 Å². The average Bonchev–Trinajstić information content (AvgIpc) is 2.57. The number of rotatable bonds is 5. The minimum Gasteiger partial charge on any atom is -0.468 e. The molecule has 1 aliphatic heterocycles. The van der Waals surface area contributed by atoms with Crippen molar-refractivity contribution in [2.45, 2.75) is 25.7 Å². The zero-order chi connectivity index (χ0) is 17.5. The van der Waals surface area contributed by atoms with Crippen molar-refractivity contribution in [1.82, 2.24) is 0 Å². The highest BCUT2D eigenvalue weighted by atomic mass is 35.5. The maximum absolute atomic E-state index is 12.2. The maximum atomic E-state index is 12.2. The Kier molecular flexibility index (Phi) is 6.44. The molecule has 1 aromatic carbocycles. The molecule has 5 nitrogen and oxygen atoms in total. The number of hydrogen-bond donors (Lipinski definition) is 0. The number of allylic oxidation sites excluding steroid dienone is 2. The molecule has 2 rings (SSSR count). The van der Waals surface area contributed by atoms with E-state index in [9.17, 15) is 9.59 Å². The van der Waals surface area contributed by atoms with Gasteiger partial charge >= 0.3 is 11.9 Å². The van der Waals surface area contributed by atoms with Crippen molar-refractivity contribution in [2.24, 2.45) is 0 Å². The minimum absolute atomic E-state index is 0.293. The lowest BCUT2D eigenvalue weighted by molar-refractivity contribution is -0.142. The fourth-order valence-corrected chi connectivity index (χ4v) is 2.51. The summed E-state index contributed by atoms with van der Waals surface area (Å²) < 4.78 is 15.5. The predicted molar refractivity (Wildman–Crippen MR) is 89.3 cm³/mol. The average molecular weight is 351 g/mol. The monoisotopic (exact) mass is 350 g/mol. The first kappa shape index (κ1) is 18.1. The summed E-state index contributed by atoms with van der Waals surface area (Å²) in [5.41, 5.74) is 0.704. The Morgan fingerprint density at radius 3 is 2.67 bits per heavy atom. The summed E-state index contributed by atoms with van der Waals surface area (Å²) in [6.07, 6.45) is 4.36. The fraction of sp³-hybridized carbons (Fsp3) is 0.333. The van der Waals surface area contributed by atoms with E-state index in [0.717, 1.165) is 0 Å². The lowest BCUT2D eigenvalue weighted by Gasteiger charge is -2.23. The third-order valence-corrected chi connectivity index (χ3v) is 3.73. The van der Waals surface area contributed by atoms with Crippen LogP contribution in [0.3, 0.4) is 0 Å². The van der Waals surface area contributed by atoms with Crippen LogP contribution in [0.15, 0.2) is 47.9 Å². The lowest BCUT2D eigenvalue weighted by atomic mass is 9.95. The van der Waals surface area contributed by atoms with Crippen LogP contribution >= 0.6 is 11.6 Å². The van der Waals surface area contributed by atoms with Gasteiger partial charge in [-0.3, -0.25) is 4.79 Å². The van der Waals surface area contributed by atoms with Crippen LogP contribution in [0.1, 0.15) is 31.2 Å². The number of halogens is 1. The Labute approximate surface area is 145 Å². The predicted octanol–water partition coefficient (Wildman–Crippen LogP) is 3.74. The lowest BCUT2D eigenvalue weighted by Crippen LogP contribution is -2.20. The van der Waals surface area contributed by atoms with Gasteiger partial charge in [-0.05, 0) is 37.1 Å². The van der Waals surface area contributed by atoms with Gasteiger partial charge < -0.3 is 14.2 Å². The number of carbonyl (C=O) groups excluding carboxylic acids is 2. The number of esters is 2. The Hall–Kier alpha value is -2.27. The number of methoxy groups -OCH3 is 1. The van der Waals surface area contributed by atoms with Gasteiger partial charge in [0.1, 0.15) is 17.4 Å². The Morgan fingerprint density at radius 1 is 1.33 bits per heavy atom. The molecule has 0 amide bonds. The maximum Gasteiger partial charge on any atom is 0.334 e. The molecule has 128 valence electrons. The second-order valence-electron chi connectivity index (χ2n) is 5.12. The molecule has 6 heteroatoms. The molecular formula is C18H19ClO5. The SMILES string of the molecule is CCOC(=O)/C=C1/CCC=C(C(C(=O)OC)c2ccc(Cl)cc2)O1. The standard InChI is InChI=1S/C18H19ClO5/c1-3-23-16(20)11-14-5-4-6-15(24-14)17(18(21)22-2)12-7-9-13(19)10-8-12/h6-11,17H,3-5H2,1-2H3/b14-11-. The van der Waals surface area contributed by atoms with Crippen molar-refractivity contribution in [3.05, 3.63) is 58.5 Å². The van der Waals surface area contributed by atoms with Crippen LogP contribution in [-0.4, -0.2) is 25.7 Å². The summed E-state index contributed by atoms with van der Waals surface area (Å²) in [4.78, 5) is 23.8. The second-order valence-corrected chi connectivity index (χ2v) is 5.55. The zero-order valence-electron chi connectivity index (χ0n) is 13.6. The molecule has 0 fully saturated rings. The highest BCUT2D eigenvalue weighted by molar-refractivity contribution is 6.30. The molecule has 0 N–H and O–H groups in total. The van der Waals surface area contributed by atoms with Gasteiger partial charge in [0.05, 0.1) is 19.8 Å². The van der Waals surface area contributed by atoms with Crippen LogP contribution in [0.4, 0.5) is 0 Å². The molecule has 0 saturated carbocycles. The summed E-state index contributed by atoms with van der Waals surface area (Å²) in [7, 11) is 1.32. The zero-order valence-corrected chi connectivity index (χ0v) is 14.3. The molecule has 0 bridgehead atoms. The summed E-state index contributed by atoms with van der Waals surface area (Å²) in [5.74, 6) is -0.714. The third kappa shape index (κ3) is 4.61. The first-order chi connectivity index (χ1) is 11.5. The highest BCUT2D eigenvalue weighted by Gasteiger charge is 2.29. The Balaban J connectivity index is 2.26. The first-order valence-electron chi connectivity index (χ1n) is 7.63.